The van der Waals surface area contributed by atoms with Gasteiger partial charge >= 0.3 is 0 Å². The van der Waals surface area contributed by atoms with Crippen LogP contribution < -0.4 is 16.0 Å². The molecule has 4 rings (SSSR count). The van der Waals surface area contributed by atoms with E-state index in [9.17, 15) is 17.6 Å². The van der Waals surface area contributed by atoms with Gasteiger partial charge in [-0.3, -0.25) is 4.79 Å². The molecule has 2 fully saturated rings. The molecule has 2 aromatic carbocycles. The first-order chi connectivity index (χ1) is 14.3. The van der Waals surface area contributed by atoms with Crippen molar-refractivity contribution >= 4 is 15.7 Å². The third-order valence-electron chi connectivity index (χ3n) is 5.90. The van der Waals surface area contributed by atoms with Gasteiger partial charge in [0, 0.05) is 12.6 Å². The Balaban J connectivity index is 1.38. The van der Waals surface area contributed by atoms with Gasteiger partial charge in [0.25, 0.3) is 0 Å². The number of hydrogen-bond donors (Lipinski definition) is 3. The fourth-order valence-corrected chi connectivity index (χ4v) is 5.67. The van der Waals surface area contributed by atoms with Crippen molar-refractivity contribution in [1.82, 2.24) is 16.0 Å². The third kappa shape index (κ3) is 4.40. The van der Waals surface area contributed by atoms with Gasteiger partial charge in [0.05, 0.1) is 15.8 Å². The van der Waals surface area contributed by atoms with Crippen molar-refractivity contribution in [3.8, 4) is 0 Å². The lowest BCUT2D eigenvalue weighted by Crippen LogP contribution is -2.45. The zero-order chi connectivity index (χ0) is 21.3. The molecule has 2 saturated heterocycles. The molecule has 30 heavy (non-hydrogen) atoms. The maximum absolute atomic E-state index is 13.6. The molecule has 2 aliphatic heterocycles. The second-order valence-electron chi connectivity index (χ2n) is 8.14. The SMILES string of the molecule is Cc1cc(F)cc(S(=O)(=O)c2ccc(CNC(=O)C3CC4CNCCC4N3)cc2)c1. The quantitative estimate of drug-likeness (QED) is 0.673. The number of aryl methyl sites for hydroxylation is 1. The van der Waals surface area contributed by atoms with E-state index in [4.69, 9.17) is 0 Å². The van der Waals surface area contributed by atoms with Crippen molar-refractivity contribution in [3.05, 3.63) is 59.4 Å². The summed E-state index contributed by atoms with van der Waals surface area (Å²) < 4.78 is 39.2. The molecule has 2 heterocycles. The molecule has 0 saturated carbocycles. The number of hydrogen-bond acceptors (Lipinski definition) is 5. The number of benzene rings is 2. The predicted molar refractivity (Wildman–Crippen MR) is 111 cm³/mol. The molecule has 3 unspecified atom stereocenters. The first-order valence-electron chi connectivity index (χ1n) is 10.2. The summed E-state index contributed by atoms with van der Waals surface area (Å²) in [5.74, 6) is -0.120. The number of carbonyl (C=O) groups is 1. The lowest BCUT2D eigenvalue weighted by Gasteiger charge is -2.25. The summed E-state index contributed by atoms with van der Waals surface area (Å²) in [5.41, 5.74) is 1.35. The van der Waals surface area contributed by atoms with Crippen LogP contribution in [-0.4, -0.2) is 39.5 Å². The number of piperidine rings is 1. The highest BCUT2D eigenvalue weighted by Gasteiger charge is 2.38. The van der Waals surface area contributed by atoms with E-state index in [-0.39, 0.29) is 21.7 Å². The molecule has 0 spiro atoms. The lowest BCUT2D eigenvalue weighted by atomic mass is 9.94. The van der Waals surface area contributed by atoms with Crippen molar-refractivity contribution in [1.29, 1.82) is 0 Å². The van der Waals surface area contributed by atoms with Crippen LogP contribution in [0.5, 0.6) is 0 Å². The highest BCUT2D eigenvalue weighted by molar-refractivity contribution is 7.91. The lowest BCUT2D eigenvalue weighted by molar-refractivity contribution is -0.123. The van der Waals surface area contributed by atoms with E-state index in [0.717, 1.165) is 37.6 Å². The number of rotatable bonds is 5. The minimum Gasteiger partial charge on any atom is -0.351 e. The van der Waals surface area contributed by atoms with E-state index in [0.29, 0.717) is 24.1 Å². The van der Waals surface area contributed by atoms with Crippen molar-refractivity contribution in [3.63, 3.8) is 0 Å². The number of halogens is 1. The molecular formula is C22H26FN3O3S. The zero-order valence-electron chi connectivity index (χ0n) is 16.8. The smallest absolute Gasteiger partial charge is 0.237 e. The number of fused-ring (bicyclic) bond motifs is 1. The first-order valence-corrected chi connectivity index (χ1v) is 11.7. The van der Waals surface area contributed by atoms with Gasteiger partial charge in [0.2, 0.25) is 15.7 Å². The summed E-state index contributed by atoms with van der Waals surface area (Å²) in [6, 6.07) is 10.3. The van der Waals surface area contributed by atoms with Gasteiger partial charge in [0.15, 0.2) is 0 Å². The average molecular weight is 432 g/mol. The van der Waals surface area contributed by atoms with Crippen LogP contribution in [0.4, 0.5) is 4.39 Å². The molecule has 0 radical (unpaired) electrons. The van der Waals surface area contributed by atoms with Crippen molar-refractivity contribution in [2.45, 2.75) is 48.2 Å². The monoisotopic (exact) mass is 431 g/mol. The molecule has 2 aromatic rings. The number of carbonyl (C=O) groups excluding carboxylic acids is 1. The summed E-state index contributed by atoms with van der Waals surface area (Å²) in [6.07, 6.45) is 1.86. The highest BCUT2D eigenvalue weighted by Crippen LogP contribution is 2.25. The van der Waals surface area contributed by atoms with Crippen LogP contribution >= 0.6 is 0 Å². The topological polar surface area (TPSA) is 87.3 Å². The fraction of sp³-hybridized carbons (Fsp3) is 0.409. The molecule has 0 aliphatic carbocycles. The van der Waals surface area contributed by atoms with Crippen LogP contribution in [0.2, 0.25) is 0 Å². The second kappa shape index (κ2) is 8.45. The van der Waals surface area contributed by atoms with Gasteiger partial charge in [-0.05, 0) is 80.2 Å². The number of sulfone groups is 1. The van der Waals surface area contributed by atoms with E-state index in [1.54, 1.807) is 19.1 Å². The summed E-state index contributed by atoms with van der Waals surface area (Å²) in [7, 11) is -3.80. The average Bonchev–Trinajstić information content (AvgIpc) is 3.16. The van der Waals surface area contributed by atoms with E-state index < -0.39 is 15.7 Å². The Kier molecular flexibility index (Phi) is 5.90. The Morgan fingerprint density at radius 3 is 2.63 bits per heavy atom. The molecule has 160 valence electrons. The normalized spacial score (nSPS) is 23.7. The van der Waals surface area contributed by atoms with Crippen molar-refractivity contribution in [2.75, 3.05) is 13.1 Å². The van der Waals surface area contributed by atoms with Gasteiger partial charge in [0.1, 0.15) is 5.82 Å². The van der Waals surface area contributed by atoms with Gasteiger partial charge in [-0.1, -0.05) is 12.1 Å². The molecular weight excluding hydrogens is 405 g/mol. The van der Waals surface area contributed by atoms with E-state index >= 15 is 0 Å². The molecule has 8 heteroatoms. The Morgan fingerprint density at radius 2 is 1.93 bits per heavy atom. The van der Waals surface area contributed by atoms with Gasteiger partial charge in [-0.15, -0.1) is 0 Å². The van der Waals surface area contributed by atoms with Gasteiger partial charge in [-0.2, -0.15) is 0 Å². The third-order valence-corrected chi connectivity index (χ3v) is 7.65. The first kappa shape index (κ1) is 21.0. The summed E-state index contributed by atoms with van der Waals surface area (Å²) >= 11 is 0. The summed E-state index contributed by atoms with van der Waals surface area (Å²) in [6.45, 7) is 3.90. The Bertz CT molecular complexity index is 1010. The van der Waals surface area contributed by atoms with E-state index in [2.05, 4.69) is 16.0 Å². The maximum Gasteiger partial charge on any atom is 0.237 e. The minimum atomic E-state index is -3.80. The summed E-state index contributed by atoms with van der Waals surface area (Å²) in [4.78, 5) is 12.5. The highest BCUT2D eigenvalue weighted by atomic mass is 32.2. The van der Waals surface area contributed by atoms with Crippen LogP contribution in [0.15, 0.2) is 52.3 Å². The van der Waals surface area contributed by atoms with E-state index in [1.165, 1.54) is 24.3 Å². The van der Waals surface area contributed by atoms with Crippen LogP contribution in [0, 0.1) is 18.7 Å². The summed E-state index contributed by atoms with van der Waals surface area (Å²) in [5, 5.41) is 9.72. The van der Waals surface area contributed by atoms with Crippen molar-refractivity contribution < 1.29 is 17.6 Å². The Morgan fingerprint density at radius 1 is 1.17 bits per heavy atom. The molecule has 1 amide bonds. The number of nitrogens with one attached hydrogen (secondary N) is 3. The number of amides is 1. The van der Waals surface area contributed by atoms with Crippen LogP contribution in [0.25, 0.3) is 0 Å². The van der Waals surface area contributed by atoms with Gasteiger partial charge < -0.3 is 16.0 Å². The molecule has 3 N–H and O–H groups in total. The van der Waals surface area contributed by atoms with Crippen LogP contribution in [0.1, 0.15) is 24.0 Å². The maximum atomic E-state index is 13.6. The molecule has 0 bridgehead atoms. The second-order valence-corrected chi connectivity index (χ2v) is 10.1. The fourth-order valence-electron chi connectivity index (χ4n) is 4.29. The standard InChI is InChI=1S/C22H26FN3O3S/c1-14-8-17(23)11-19(9-14)30(28,29)18-4-2-15(3-5-18)12-25-22(27)21-10-16-13-24-7-6-20(16)26-21/h2-5,8-9,11,16,20-21,24,26H,6-7,10,12-13H2,1H3,(H,25,27). The van der Waals surface area contributed by atoms with E-state index in [1.807, 2.05) is 0 Å². The largest absolute Gasteiger partial charge is 0.351 e. The van der Waals surface area contributed by atoms with Crippen LogP contribution in [0.3, 0.4) is 0 Å². The Hall–Kier alpha value is -2.29. The molecule has 0 aromatic heterocycles. The molecule has 3 atom stereocenters. The Labute approximate surface area is 176 Å². The zero-order valence-corrected chi connectivity index (χ0v) is 17.6. The van der Waals surface area contributed by atoms with Crippen LogP contribution in [-0.2, 0) is 21.2 Å². The molecule has 6 nitrogen and oxygen atoms in total. The minimum absolute atomic E-state index is 0.0312. The molecule has 2 aliphatic rings. The van der Waals surface area contributed by atoms with Crippen molar-refractivity contribution in [2.24, 2.45) is 5.92 Å². The van der Waals surface area contributed by atoms with Gasteiger partial charge in [-0.25, -0.2) is 12.8 Å². The predicted octanol–water partition coefficient (Wildman–Crippen LogP) is 1.92.